The molecule has 1 aromatic carbocycles. The molecule has 2 unspecified atom stereocenters. The van der Waals surface area contributed by atoms with E-state index < -0.39 is 20.4 Å². The molecule has 0 aliphatic heterocycles. The van der Waals surface area contributed by atoms with Gasteiger partial charge in [-0.05, 0) is 26.0 Å². The van der Waals surface area contributed by atoms with Gasteiger partial charge in [0.25, 0.3) is 0 Å². The quantitative estimate of drug-likeness (QED) is 0.717. The minimum atomic E-state index is -4.57. The summed E-state index contributed by atoms with van der Waals surface area (Å²) in [5.74, 6) is 0. The summed E-state index contributed by atoms with van der Waals surface area (Å²) < 4.78 is 22.9. The van der Waals surface area contributed by atoms with E-state index in [9.17, 15) is 14.0 Å². The topological polar surface area (TPSA) is 94.8 Å². The highest BCUT2D eigenvalue weighted by Crippen LogP contribution is 2.61. The first kappa shape index (κ1) is 13.6. The van der Waals surface area contributed by atoms with Crippen LogP contribution in [0.4, 0.5) is 0 Å². The van der Waals surface area contributed by atoms with Crippen molar-refractivity contribution in [3.05, 3.63) is 29.8 Å². The van der Waals surface area contributed by atoms with E-state index in [0.29, 0.717) is 0 Å². The molecule has 0 heterocycles. The maximum Gasteiger partial charge on any atom is 0.338 e. The lowest BCUT2D eigenvalue weighted by Gasteiger charge is -2.20. The minimum Gasteiger partial charge on any atom is -0.340 e. The Balaban J connectivity index is 3.17. The Bertz CT molecular complexity index is 461. The highest BCUT2D eigenvalue weighted by Gasteiger charge is 2.41. The van der Waals surface area contributed by atoms with Crippen LogP contribution in [0.3, 0.4) is 0 Å². The summed E-state index contributed by atoms with van der Waals surface area (Å²) in [6.45, 7) is 2.90. The van der Waals surface area contributed by atoms with Crippen LogP contribution in [-0.2, 0) is 9.13 Å². The van der Waals surface area contributed by atoms with Crippen LogP contribution in [0, 0.1) is 6.92 Å². The molecule has 3 N–H and O–H groups in total. The van der Waals surface area contributed by atoms with Crippen molar-refractivity contribution in [3.8, 4) is 0 Å². The van der Waals surface area contributed by atoms with E-state index in [1.165, 1.54) is 12.1 Å². The van der Waals surface area contributed by atoms with Crippen molar-refractivity contribution >= 4 is 20.3 Å². The highest BCUT2D eigenvalue weighted by atomic mass is 31.2. The third-order valence-electron chi connectivity index (χ3n) is 2.40. The van der Waals surface area contributed by atoms with Gasteiger partial charge in [0.15, 0.2) is 0 Å². The molecule has 0 aliphatic rings. The molecule has 0 fully saturated rings. The first-order chi connectivity index (χ1) is 7.15. The van der Waals surface area contributed by atoms with Gasteiger partial charge >= 0.3 is 7.60 Å². The zero-order chi connectivity index (χ0) is 12.6. The van der Waals surface area contributed by atoms with E-state index in [4.69, 9.17) is 9.79 Å². The second-order valence-electron chi connectivity index (χ2n) is 3.68. The van der Waals surface area contributed by atoms with Crippen LogP contribution in [0.5, 0.6) is 0 Å². The zero-order valence-electron chi connectivity index (χ0n) is 8.94. The molecule has 0 saturated heterocycles. The van der Waals surface area contributed by atoms with Gasteiger partial charge in [-0.25, -0.2) is 0 Å². The monoisotopic (exact) mass is 264 g/mol. The lowest BCUT2D eigenvalue weighted by atomic mass is 10.2. The Morgan fingerprint density at radius 1 is 1.06 bits per heavy atom. The fraction of sp³-hybridized carbons (Fsp3) is 0.333. The number of hydrogen-bond donors (Lipinski definition) is 3. The Morgan fingerprint density at radius 3 is 1.88 bits per heavy atom. The fourth-order valence-electron chi connectivity index (χ4n) is 1.18. The molecule has 2 atom stereocenters. The summed E-state index contributed by atoms with van der Waals surface area (Å²) >= 11 is 0. The number of benzene rings is 1. The number of rotatable bonds is 3. The summed E-state index contributed by atoms with van der Waals surface area (Å²) in [5.41, 5.74) is 0.910. The van der Waals surface area contributed by atoms with Crippen LogP contribution in [0.25, 0.3) is 0 Å². The number of hydrogen-bond acceptors (Lipinski definition) is 2. The van der Waals surface area contributed by atoms with Gasteiger partial charge in [-0.1, -0.05) is 17.7 Å². The molecular weight excluding hydrogens is 250 g/mol. The molecule has 0 aliphatic carbocycles. The summed E-state index contributed by atoms with van der Waals surface area (Å²) in [6.07, 6.45) is 0. The van der Waals surface area contributed by atoms with Crippen molar-refractivity contribution in [2.45, 2.75) is 19.2 Å². The van der Waals surface area contributed by atoms with Gasteiger partial charge in [-0.3, -0.25) is 9.13 Å². The molecule has 7 heteroatoms. The van der Waals surface area contributed by atoms with Crippen molar-refractivity contribution < 1.29 is 23.8 Å². The van der Waals surface area contributed by atoms with Crippen molar-refractivity contribution in [1.29, 1.82) is 0 Å². The van der Waals surface area contributed by atoms with E-state index in [0.717, 1.165) is 12.5 Å². The third kappa shape index (κ3) is 2.82. The minimum absolute atomic E-state index is 0.0638. The van der Waals surface area contributed by atoms with Gasteiger partial charge in [-0.2, -0.15) is 0 Å². The molecule has 0 saturated carbocycles. The van der Waals surface area contributed by atoms with Crippen molar-refractivity contribution in [2.75, 3.05) is 0 Å². The second kappa shape index (κ2) is 4.44. The molecule has 5 nitrogen and oxygen atoms in total. The number of aryl methyl sites for hydroxylation is 1. The summed E-state index contributed by atoms with van der Waals surface area (Å²) in [4.78, 5) is 27.6. The Morgan fingerprint density at radius 2 is 1.50 bits per heavy atom. The smallest absolute Gasteiger partial charge is 0.338 e. The standard InChI is InChI=1S/C9H14O5P2/c1-7-3-5-9(6-4-7)15(10,11)8(2)16(12,13)14/h3-6,8H,1-2H3,(H,10,11)(H2,12,13,14). The van der Waals surface area contributed by atoms with Gasteiger partial charge in [0.05, 0.1) is 0 Å². The summed E-state index contributed by atoms with van der Waals surface area (Å²) in [5, 5.41) is -1.52. The lowest BCUT2D eigenvalue weighted by Crippen LogP contribution is -2.14. The molecule has 0 radical (unpaired) electrons. The Hall–Kier alpha value is -0.440. The van der Waals surface area contributed by atoms with E-state index in [2.05, 4.69) is 0 Å². The lowest BCUT2D eigenvalue weighted by molar-refractivity contribution is 0.366. The zero-order valence-corrected chi connectivity index (χ0v) is 10.7. The maximum atomic E-state index is 11.9. The van der Waals surface area contributed by atoms with Gasteiger partial charge in [0, 0.05) is 5.30 Å². The van der Waals surface area contributed by atoms with Crippen molar-refractivity contribution in [3.63, 3.8) is 0 Å². The van der Waals surface area contributed by atoms with Gasteiger partial charge < -0.3 is 14.7 Å². The Kier molecular flexibility index (Phi) is 3.78. The van der Waals surface area contributed by atoms with Gasteiger partial charge in [0.2, 0.25) is 7.37 Å². The molecule has 90 valence electrons. The summed E-state index contributed by atoms with van der Waals surface area (Å²) in [7, 11) is -8.61. The summed E-state index contributed by atoms with van der Waals surface area (Å²) in [6, 6.07) is 6.10. The SMILES string of the molecule is Cc1ccc(P(=O)(O)C(C)P(=O)(O)O)cc1. The average molecular weight is 264 g/mol. The molecule has 16 heavy (non-hydrogen) atoms. The first-order valence-corrected chi connectivity index (χ1v) is 8.01. The fourth-order valence-corrected chi connectivity index (χ4v) is 4.22. The first-order valence-electron chi connectivity index (χ1n) is 4.60. The molecule has 0 bridgehead atoms. The average Bonchev–Trinajstić information content (AvgIpc) is 2.16. The third-order valence-corrected chi connectivity index (χ3v) is 7.26. The van der Waals surface area contributed by atoms with Crippen molar-refractivity contribution in [2.24, 2.45) is 0 Å². The molecule has 0 aromatic heterocycles. The molecule has 0 amide bonds. The van der Waals surface area contributed by atoms with Crippen LogP contribution in [-0.4, -0.2) is 20.1 Å². The highest BCUT2D eigenvalue weighted by molar-refractivity contribution is 7.78. The van der Waals surface area contributed by atoms with Crippen LogP contribution >= 0.6 is 15.0 Å². The van der Waals surface area contributed by atoms with E-state index in [1.807, 2.05) is 6.92 Å². The molecule has 0 spiro atoms. The molecular formula is C9H14O5P2. The normalized spacial score (nSPS) is 17.8. The maximum absolute atomic E-state index is 11.9. The van der Waals surface area contributed by atoms with E-state index in [1.54, 1.807) is 12.1 Å². The van der Waals surface area contributed by atoms with E-state index in [-0.39, 0.29) is 5.30 Å². The predicted octanol–water partition coefficient (Wildman–Crippen LogP) is 1.41. The predicted molar refractivity (Wildman–Crippen MR) is 62.1 cm³/mol. The van der Waals surface area contributed by atoms with E-state index >= 15 is 0 Å². The second-order valence-corrected chi connectivity index (χ2v) is 8.58. The Labute approximate surface area is 93.7 Å². The van der Waals surface area contributed by atoms with Crippen LogP contribution in [0.2, 0.25) is 0 Å². The molecule has 1 aromatic rings. The van der Waals surface area contributed by atoms with Gasteiger partial charge in [-0.15, -0.1) is 0 Å². The molecule has 1 rings (SSSR count). The van der Waals surface area contributed by atoms with Crippen LogP contribution < -0.4 is 5.30 Å². The largest absolute Gasteiger partial charge is 0.340 e. The van der Waals surface area contributed by atoms with Crippen molar-refractivity contribution in [1.82, 2.24) is 0 Å². The van der Waals surface area contributed by atoms with Crippen LogP contribution in [0.1, 0.15) is 12.5 Å². The van der Waals surface area contributed by atoms with Crippen LogP contribution in [0.15, 0.2) is 24.3 Å². The van der Waals surface area contributed by atoms with Gasteiger partial charge in [0.1, 0.15) is 5.40 Å².